The number of nitrogens with one attached hydrogen (secondary N) is 1. The third-order valence-corrected chi connectivity index (χ3v) is 3.71. The molecule has 166 valence electrons. The maximum atomic E-state index is 12.5. The van der Waals surface area contributed by atoms with Crippen molar-refractivity contribution >= 4 is 23.8 Å². The number of carbonyl (C=O) groups excluding carboxylic acids is 2. The molecule has 0 atom stereocenters. The number of aliphatic imine (C=N–C) groups is 1. The van der Waals surface area contributed by atoms with Crippen LogP contribution in [0.5, 0.6) is 0 Å². The van der Waals surface area contributed by atoms with E-state index in [1.807, 2.05) is 60.7 Å². The number of hydrogen-bond donors (Lipinski definition) is 1. The Hall–Kier alpha value is -3.35. The third kappa shape index (κ3) is 8.90. The molecule has 0 aliphatic heterocycles. The first-order valence-electron chi connectivity index (χ1n) is 10.1. The van der Waals surface area contributed by atoms with Gasteiger partial charge in [-0.05, 0) is 59.2 Å². The fourth-order valence-electron chi connectivity index (χ4n) is 2.58. The van der Waals surface area contributed by atoms with Crippen LogP contribution in [0.15, 0.2) is 65.7 Å². The molecule has 0 aromatic heterocycles. The Balaban J connectivity index is 2.45. The number of hydrogen-bond acceptors (Lipinski definition) is 4. The van der Waals surface area contributed by atoms with Crippen LogP contribution in [-0.4, -0.2) is 29.3 Å². The first kappa shape index (κ1) is 23.9. The first-order chi connectivity index (χ1) is 14.4. The van der Waals surface area contributed by atoms with E-state index in [2.05, 4.69) is 10.3 Å². The SMILES string of the molecule is CC(C)(C)OC(=O)/N=C(\NC(=O)OC(C)(C)C)N(Cc1ccccc1)c1ccccc1. The molecule has 0 heterocycles. The molecule has 31 heavy (non-hydrogen) atoms. The van der Waals surface area contributed by atoms with Gasteiger partial charge in [-0.3, -0.25) is 5.32 Å². The molecule has 0 saturated carbocycles. The Bertz CT molecular complexity index is 898. The Morgan fingerprint density at radius 1 is 0.839 bits per heavy atom. The number of benzene rings is 2. The lowest BCUT2D eigenvalue weighted by atomic mass is 10.2. The van der Waals surface area contributed by atoms with Crippen molar-refractivity contribution in [2.75, 3.05) is 4.90 Å². The van der Waals surface area contributed by atoms with E-state index in [1.54, 1.807) is 46.4 Å². The predicted octanol–water partition coefficient (Wildman–Crippen LogP) is 5.51. The van der Waals surface area contributed by atoms with Crippen LogP contribution < -0.4 is 10.2 Å². The molecule has 0 aliphatic carbocycles. The van der Waals surface area contributed by atoms with Gasteiger partial charge in [0.2, 0.25) is 5.96 Å². The zero-order valence-electron chi connectivity index (χ0n) is 19.0. The van der Waals surface area contributed by atoms with E-state index in [0.29, 0.717) is 6.54 Å². The van der Waals surface area contributed by atoms with Gasteiger partial charge in [0.1, 0.15) is 11.2 Å². The van der Waals surface area contributed by atoms with Crippen LogP contribution in [0.25, 0.3) is 0 Å². The van der Waals surface area contributed by atoms with E-state index < -0.39 is 23.4 Å². The number of anilines is 1. The summed E-state index contributed by atoms with van der Waals surface area (Å²) < 4.78 is 10.7. The van der Waals surface area contributed by atoms with E-state index in [4.69, 9.17) is 9.47 Å². The molecule has 2 aromatic rings. The molecule has 0 spiro atoms. The fourth-order valence-corrected chi connectivity index (χ4v) is 2.58. The third-order valence-electron chi connectivity index (χ3n) is 3.71. The van der Waals surface area contributed by atoms with Crippen molar-refractivity contribution in [3.05, 3.63) is 66.2 Å². The van der Waals surface area contributed by atoms with Crippen molar-refractivity contribution in [2.24, 2.45) is 4.99 Å². The van der Waals surface area contributed by atoms with Gasteiger partial charge in [-0.25, -0.2) is 9.59 Å². The Morgan fingerprint density at radius 2 is 1.35 bits per heavy atom. The summed E-state index contributed by atoms with van der Waals surface area (Å²) in [5.74, 6) is 0.0125. The van der Waals surface area contributed by atoms with E-state index in [9.17, 15) is 9.59 Å². The van der Waals surface area contributed by atoms with Crippen LogP contribution >= 0.6 is 0 Å². The fraction of sp³-hybridized carbons (Fsp3) is 0.375. The Kier molecular flexibility index (Phi) is 7.80. The molecule has 7 nitrogen and oxygen atoms in total. The quantitative estimate of drug-likeness (QED) is 0.518. The second-order valence-corrected chi connectivity index (χ2v) is 8.95. The standard InChI is InChI=1S/C24H31N3O4/c1-23(2,3)30-21(28)25-20(26-22(29)31-24(4,5)6)27(19-15-11-8-12-16-19)17-18-13-9-7-10-14-18/h7-16H,17H2,1-6H3,(H,25,26,28,29). The second kappa shape index (κ2) is 10.1. The molecule has 2 amide bonds. The molecule has 0 aliphatic rings. The first-order valence-corrected chi connectivity index (χ1v) is 10.1. The van der Waals surface area contributed by atoms with Crippen molar-refractivity contribution in [3.8, 4) is 0 Å². The zero-order chi connectivity index (χ0) is 23.1. The monoisotopic (exact) mass is 425 g/mol. The summed E-state index contributed by atoms with van der Waals surface area (Å²) in [4.78, 5) is 30.8. The highest BCUT2D eigenvalue weighted by molar-refractivity contribution is 6.07. The molecule has 2 aromatic carbocycles. The lowest BCUT2D eigenvalue weighted by molar-refractivity contribution is 0.0561. The van der Waals surface area contributed by atoms with E-state index in [1.165, 1.54) is 0 Å². The minimum absolute atomic E-state index is 0.0125. The number of nitrogens with zero attached hydrogens (tertiary/aromatic N) is 2. The summed E-state index contributed by atoms with van der Waals surface area (Å²) >= 11 is 0. The van der Waals surface area contributed by atoms with Crippen LogP contribution in [0.3, 0.4) is 0 Å². The number of ether oxygens (including phenoxy) is 2. The second-order valence-electron chi connectivity index (χ2n) is 8.95. The summed E-state index contributed by atoms with van der Waals surface area (Å²) in [6.07, 6.45) is -1.53. The van der Waals surface area contributed by atoms with Crippen LogP contribution in [0.1, 0.15) is 47.1 Å². The van der Waals surface area contributed by atoms with Gasteiger partial charge in [-0.1, -0.05) is 48.5 Å². The summed E-state index contributed by atoms with van der Waals surface area (Å²) in [5.41, 5.74) is 0.270. The van der Waals surface area contributed by atoms with Crippen molar-refractivity contribution in [2.45, 2.75) is 59.3 Å². The topological polar surface area (TPSA) is 80.2 Å². The summed E-state index contributed by atoms with van der Waals surface area (Å²) in [6, 6.07) is 19.0. The molecular weight excluding hydrogens is 394 g/mol. The van der Waals surface area contributed by atoms with Gasteiger partial charge < -0.3 is 14.4 Å². The van der Waals surface area contributed by atoms with Crippen molar-refractivity contribution < 1.29 is 19.1 Å². The average molecular weight is 426 g/mol. The molecule has 1 N–H and O–H groups in total. The molecule has 0 unspecified atom stereocenters. The maximum Gasteiger partial charge on any atom is 0.437 e. The van der Waals surface area contributed by atoms with Gasteiger partial charge in [0.15, 0.2) is 0 Å². The number of alkyl carbamates (subject to hydrolysis) is 1. The smallest absolute Gasteiger partial charge is 0.437 e. The molecule has 7 heteroatoms. The van der Waals surface area contributed by atoms with Gasteiger partial charge in [0.25, 0.3) is 0 Å². The van der Waals surface area contributed by atoms with Crippen molar-refractivity contribution in [3.63, 3.8) is 0 Å². The van der Waals surface area contributed by atoms with Gasteiger partial charge in [0.05, 0.1) is 6.54 Å². The lowest BCUT2D eigenvalue weighted by Gasteiger charge is -2.28. The number of carbonyl (C=O) groups is 2. The Morgan fingerprint density at radius 3 is 1.87 bits per heavy atom. The van der Waals surface area contributed by atoms with Crippen LogP contribution in [0.4, 0.5) is 15.3 Å². The summed E-state index contributed by atoms with van der Waals surface area (Å²) in [5, 5.41) is 2.62. The van der Waals surface area contributed by atoms with Crippen LogP contribution in [-0.2, 0) is 16.0 Å². The molecule has 0 radical (unpaired) electrons. The van der Waals surface area contributed by atoms with Gasteiger partial charge in [-0.2, -0.15) is 0 Å². The highest BCUT2D eigenvalue weighted by atomic mass is 16.6. The molecule has 0 fully saturated rings. The maximum absolute atomic E-state index is 12.5. The Labute approximate surface area is 184 Å². The van der Waals surface area contributed by atoms with Crippen molar-refractivity contribution in [1.82, 2.24) is 5.32 Å². The molecule has 0 bridgehead atoms. The largest absolute Gasteiger partial charge is 0.444 e. The average Bonchev–Trinajstić information content (AvgIpc) is 2.64. The van der Waals surface area contributed by atoms with Crippen LogP contribution in [0, 0.1) is 0 Å². The normalized spacial score (nSPS) is 12.1. The van der Waals surface area contributed by atoms with E-state index >= 15 is 0 Å². The van der Waals surface area contributed by atoms with E-state index in [-0.39, 0.29) is 5.96 Å². The van der Waals surface area contributed by atoms with Crippen molar-refractivity contribution in [1.29, 1.82) is 0 Å². The predicted molar refractivity (Wildman–Crippen MR) is 122 cm³/mol. The number of amides is 2. The van der Waals surface area contributed by atoms with Gasteiger partial charge >= 0.3 is 12.2 Å². The van der Waals surface area contributed by atoms with Gasteiger partial charge in [-0.15, -0.1) is 4.99 Å². The van der Waals surface area contributed by atoms with Crippen LogP contribution in [0.2, 0.25) is 0 Å². The van der Waals surface area contributed by atoms with Gasteiger partial charge in [0, 0.05) is 5.69 Å². The minimum atomic E-state index is -0.812. The summed E-state index contributed by atoms with van der Waals surface area (Å²) in [7, 11) is 0. The number of guanidine groups is 1. The highest BCUT2D eigenvalue weighted by Gasteiger charge is 2.24. The molecular formula is C24H31N3O4. The molecule has 2 rings (SSSR count). The zero-order valence-corrected chi connectivity index (χ0v) is 19.0. The minimum Gasteiger partial charge on any atom is -0.444 e. The van der Waals surface area contributed by atoms with E-state index in [0.717, 1.165) is 11.3 Å². The lowest BCUT2D eigenvalue weighted by Crippen LogP contribution is -2.46. The molecule has 0 saturated heterocycles. The summed E-state index contributed by atoms with van der Waals surface area (Å²) in [6.45, 7) is 10.9. The highest BCUT2D eigenvalue weighted by Crippen LogP contribution is 2.18. The number of rotatable bonds is 3. The number of para-hydroxylation sites is 1.